The summed E-state index contributed by atoms with van der Waals surface area (Å²) in [6, 6.07) is 0. The number of rotatable bonds is 6. The normalized spacial score (nSPS) is 9.00. The lowest BCUT2D eigenvalue weighted by atomic mass is 10.2. The number of hydrogen-bond acceptors (Lipinski definition) is 1. The van der Waals surface area contributed by atoms with E-state index >= 15 is 0 Å². The number of hydrogen-bond donors (Lipinski definition) is 1. The number of carbonyl (C=O) groups excluding carboxylic acids is 1. The maximum absolute atomic E-state index is 9.72. The molecule has 0 aromatic rings. The third-order valence-electron chi connectivity index (χ3n) is 1.04. The van der Waals surface area contributed by atoms with Gasteiger partial charge in [-0.1, -0.05) is 29.0 Å². The van der Waals surface area contributed by atoms with E-state index in [1.54, 1.807) is 0 Å². The molecule has 0 aromatic heterocycles. The largest absolute Gasteiger partial charge is 0.359 e. The molecule has 1 amide bonds. The lowest BCUT2D eigenvalue weighted by Crippen LogP contribution is -2.11. The monoisotopic (exact) mass is 241 g/mol. The molecule has 0 atom stereocenters. The van der Waals surface area contributed by atoms with E-state index in [-0.39, 0.29) is 0 Å². The lowest BCUT2D eigenvalue weighted by molar-refractivity contribution is -0.109. The second-order valence-corrected chi connectivity index (χ2v) is 2.90. The van der Waals surface area contributed by atoms with Gasteiger partial charge in [-0.05, 0) is 17.3 Å². The van der Waals surface area contributed by atoms with Crippen molar-refractivity contribution in [3.8, 4) is 0 Å². The number of nitrogens with one attached hydrogen (secondary N) is 1. The minimum atomic E-state index is 0.754. The first kappa shape index (κ1) is 9.20. The predicted octanol–water partition coefficient (Wildman–Crippen LogP) is 1.34. The molecule has 0 aliphatic rings. The molecule has 3 heteroatoms. The molecule has 0 radical (unpaired) electrons. The fraction of sp³-hybridized carbons (Fsp3) is 0.833. The zero-order valence-electron chi connectivity index (χ0n) is 5.40. The van der Waals surface area contributed by atoms with Crippen molar-refractivity contribution in [3.05, 3.63) is 0 Å². The first-order valence-corrected chi connectivity index (χ1v) is 4.67. The molecule has 0 spiro atoms. The van der Waals surface area contributed by atoms with Gasteiger partial charge < -0.3 is 5.32 Å². The van der Waals surface area contributed by atoms with Gasteiger partial charge in [0.15, 0.2) is 0 Å². The number of alkyl halides is 1. The molecule has 1 N–H and O–H groups in total. The Labute approximate surface area is 69.5 Å². The maximum atomic E-state index is 9.72. The van der Waals surface area contributed by atoms with Crippen LogP contribution in [0.1, 0.15) is 19.3 Å². The highest BCUT2D eigenvalue weighted by Crippen LogP contribution is 1.96. The van der Waals surface area contributed by atoms with Crippen LogP contribution in [0.15, 0.2) is 0 Å². The standard InChI is InChI=1S/C6H12INO/c7-4-2-1-3-5-8-6-9/h6H,1-5H2,(H,8,9). The average Bonchev–Trinajstić information content (AvgIpc) is 1.89. The highest BCUT2D eigenvalue weighted by atomic mass is 127. The van der Waals surface area contributed by atoms with E-state index in [0.29, 0.717) is 0 Å². The van der Waals surface area contributed by atoms with Crippen molar-refractivity contribution in [3.63, 3.8) is 0 Å². The third-order valence-corrected chi connectivity index (χ3v) is 1.80. The fourth-order valence-corrected chi connectivity index (χ4v) is 1.10. The first-order chi connectivity index (χ1) is 4.41. The minimum Gasteiger partial charge on any atom is -0.359 e. The van der Waals surface area contributed by atoms with E-state index in [1.807, 2.05) is 0 Å². The Hall–Kier alpha value is 0.200. The Kier molecular flexibility index (Phi) is 8.38. The summed E-state index contributed by atoms with van der Waals surface area (Å²) in [5.41, 5.74) is 0. The van der Waals surface area contributed by atoms with Gasteiger partial charge in [-0.25, -0.2) is 0 Å². The molecular weight excluding hydrogens is 229 g/mol. The summed E-state index contributed by atoms with van der Waals surface area (Å²) in [6.45, 7) is 0.833. The molecule has 0 bridgehead atoms. The Morgan fingerprint density at radius 1 is 1.33 bits per heavy atom. The summed E-state index contributed by atoms with van der Waals surface area (Å²) < 4.78 is 1.22. The van der Waals surface area contributed by atoms with Crippen molar-refractivity contribution in [2.75, 3.05) is 11.0 Å². The van der Waals surface area contributed by atoms with Crippen molar-refractivity contribution >= 4 is 29.0 Å². The highest BCUT2D eigenvalue weighted by molar-refractivity contribution is 14.1. The first-order valence-electron chi connectivity index (χ1n) is 3.15. The van der Waals surface area contributed by atoms with Crippen LogP contribution in [0.2, 0.25) is 0 Å². The summed E-state index contributed by atoms with van der Waals surface area (Å²) in [5.74, 6) is 0. The van der Waals surface area contributed by atoms with Gasteiger partial charge in [0.1, 0.15) is 0 Å². The van der Waals surface area contributed by atoms with Crippen LogP contribution in [-0.4, -0.2) is 17.4 Å². The Morgan fingerprint density at radius 3 is 2.67 bits per heavy atom. The molecule has 0 aliphatic heterocycles. The summed E-state index contributed by atoms with van der Waals surface area (Å²) in [4.78, 5) is 9.72. The van der Waals surface area contributed by atoms with Crippen LogP contribution >= 0.6 is 22.6 Å². The minimum absolute atomic E-state index is 0.754. The van der Waals surface area contributed by atoms with Crippen LogP contribution in [0.5, 0.6) is 0 Å². The van der Waals surface area contributed by atoms with E-state index in [9.17, 15) is 4.79 Å². The number of halogens is 1. The number of amides is 1. The molecule has 0 saturated heterocycles. The quantitative estimate of drug-likeness (QED) is 0.323. The van der Waals surface area contributed by atoms with Crippen molar-refractivity contribution in [2.45, 2.75) is 19.3 Å². The van der Waals surface area contributed by atoms with Crippen LogP contribution in [-0.2, 0) is 4.79 Å². The molecule has 0 unspecified atom stereocenters. The Morgan fingerprint density at radius 2 is 2.11 bits per heavy atom. The highest BCUT2D eigenvalue weighted by Gasteiger charge is 1.84. The third kappa shape index (κ3) is 8.20. The Balaban J connectivity index is 2.66. The average molecular weight is 241 g/mol. The van der Waals surface area contributed by atoms with Crippen LogP contribution in [0.4, 0.5) is 0 Å². The van der Waals surface area contributed by atoms with E-state index in [4.69, 9.17) is 0 Å². The molecule has 0 heterocycles. The van der Waals surface area contributed by atoms with E-state index in [1.165, 1.54) is 17.3 Å². The topological polar surface area (TPSA) is 29.1 Å². The predicted molar refractivity (Wildman–Crippen MR) is 46.8 cm³/mol. The van der Waals surface area contributed by atoms with Crippen molar-refractivity contribution in [1.82, 2.24) is 5.32 Å². The molecule has 0 aromatic carbocycles. The fourth-order valence-electron chi connectivity index (χ4n) is 0.557. The zero-order valence-corrected chi connectivity index (χ0v) is 7.56. The summed E-state index contributed by atoms with van der Waals surface area (Å²) in [5, 5.41) is 2.62. The van der Waals surface area contributed by atoms with Gasteiger partial charge in [0, 0.05) is 6.54 Å². The number of carbonyl (C=O) groups is 1. The Bertz CT molecular complexity index is 68.1. The number of unbranched alkanes of at least 4 members (excludes halogenated alkanes) is 2. The smallest absolute Gasteiger partial charge is 0.207 e. The van der Waals surface area contributed by atoms with Crippen LogP contribution in [0, 0.1) is 0 Å². The van der Waals surface area contributed by atoms with Crippen LogP contribution in [0.25, 0.3) is 0 Å². The molecule has 0 saturated carbocycles. The molecule has 54 valence electrons. The van der Waals surface area contributed by atoms with Crippen molar-refractivity contribution in [1.29, 1.82) is 0 Å². The maximum Gasteiger partial charge on any atom is 0.207 e. The van der Waals surface area contributed by atoms with Gasteiger partial charge in [-0.15, -0.1) is 0 Å². The second-order valence-electron chi connectivity index (χ2n) is 1.82. The van der Waals surface area contributed by atoms with Gasteiger partial charge in [0.2, 0.25) is 6.41 Å². The SMILES string of the molecule is O=CNCCCCCI. The zero-order chi connectivity index (χ0) is 6.95. The molecule has 2 nitrogen and oxygen atoms in total. The van der Waals surface area contributed by atoms with Gasteiger partial charge in [-0.3, -0.25) is 4.79 Å². The molecule has 0 aliphatic carbocycles. The van der Waals surface area contributed by atoms with E-state index in [2.05, 4.69) is 27.9 Å². The van der Waals surface area contributed by atoms with Crippen LogP contribution in [0.3, 0.4) is 0 Å². The van der Waals surface area contributed by atoms with Gasteiger partial charge in [0.05, 0.1) is 0 Å². The molecule has 0 rings (SSSR count). The van der Waals surface area contributed by atoms with Crippen molar-refractivity contribution < 1.29 is 4.79 Å². The second kappa shape index (κ2) is 8.20. The van der Waals surface area contributed by atoms with Crippen LogP contribution < -0.4 is 5.32 Å². The van der Waals surface area contributed by atoms with E-state index < -0.39 is 0 Å². The van der Waals surface area contributed by atoms with E-state index in [0.717, 1.165) is 19.4 Å². The van der Waals surface area contributed by atoms with Crippen molar-refractivity contribution in [2.24, 2.45) is 0 Å². The summed E-state index contributed by atoms with van der Waals surface area (Å²) >= 11 is 2.36. The molecular formula is C6H12INO. The summed E-state index contributed by atoms with van der Waals surface area (Å²) in [7, 11) is 0. The van der Waals surface area contributed by atoms with Gasteiger partial charge in [0.25, 0.3) is 0 Å². The van der Waals surface area contributed by atoms with Gasteiger partial charge in [-0.2, -0.15) is 0 Å². The lowest BCUT2D eigenvalue weighted by Gasteiger charge is -1.95. The molecule has 0 fully saturated rings. The molecule has 9 heavy (non-hydrogen) atoms. The summed E-state index contributed by atoms with van der Waals surface area (Å²) in [6.07, 6.45) is 4.36. The van der Waals surface area contributed by atoms with Gasteiger partial charge >= 0.3 is 0 Å².